The first-order chi connectivity index (χ1) is 10.7. The maximum Gasteiger partial charge on any atom is 0.573 e. The summed E-state index contributed by atoms with van der Waals surface area (Å²) in [5.74, 6) is -1.12. The first-order valence-electron chi connectivity index (χ1n) is 6.41. The van der Waals surface area contributed by atoms with Gasteiger partial charge in [0.05, 0.1) is 0 Å². The zero-order valence-electron chi connectivity index (χ0n) is 11.6. The van der Waals surface area contributed by atoms with Gasteiger partial charge in [0.15, 0.2) is 11.5 Å². The molecule has 0 aliphatic heterocycles. The van der Waals surface area contributed by atoms with Gasteiger partial charge >= 0.3 is 6.36 Å². The lowest BCUT2D eigenvalue weighted by atomic mass is 10.0. The van der Waals surface area contributed by atoms with E-state index in [1.807, 2.05) is 0 Å². The van der Waals surface area contributed by atoms with E-state index in [0.29, 0.717) is 16.8 Å². The predicted molar refractivity (Wildman–Crippen MR) is 74.5 cm³/mol. The van der Waals surface area contributed by atoms with Crippen LogP contribution in [0.4, 0.5) is 27.6 Å². The van der Waals surface area contributed by atoms with Gasteiger partial charge in [-0.3, -0.25) is 0 Å². The van der Waals surface area contributed by atoms with Crippen LogP contribution in [0.5, 0.6) is 11.5 Å². The van der Waals surface area contributed by atoms with Crippen molar-refractivity contribution in [2.45, 2.75) is 12.8 Å². The molecule has 0 bridgehead atoms. The summed E-state index contributed by atoms with van der Waals surface area (Å²) < 4.78 is 70.1. The second-order valence-electron chi connectivity index (χ2n) is 4.54. The van der Waals surface area contributed by atoms with E-state index < -0.39 is 30.9 Å². The maximum absolute atomic E-state index is 12.4. The minimum atomic E-state index is -4.96. The number of nitrogen functional groups attached to an aromatic ring is 1. The Hall–Kier alpha value is -2.51. The van der Waals surface area contributed by atoms with Crippen LogP contribution in [0.1, 0.15) is 0 Å². The lowest BCUT2D eigenvalue weighted by molar-refractivity contribution is -0.275. The fourth-order valence-corrected chi connectivity index (χ4v) is 1.88. The third-order valence-corrected chi connectivity index (χ3v) is 2.75. The average Bonchev–Trinajstić information content (AvgIpc) is 2.44. The summed E-state index contributed by atoms with van der Waals surface area (Å²) in [6, 6.07) is 10.1. The minimum absolute atomic E-state index is 0.428. The molecular weight excluding hydrogens is 321 g/mol. The van der Waals surface area contributed by atoms with Crippen LogP contribution >= 0.6 is 0 Å². The summed E-state index contributed by atoms with van der Waals surface area (Å²) in [7, 11) is 0. The standard InChI is InChI=1S/C15H12F5NO2/c16-14(17)8-22-13-7-10(9-2-1-3-11(21)6-9)4-5-12(13)23-15(18,19)20/h1-7,14H,8,21H2. The molecule has 0 fully saturated rings. The van der Waals surface area contributed by atoms with Crippen LogP contribution in [-0.2, 0) is 0 Å². The van der Waals surface area contributed by atoms with Crippen molar-refractivity contribution in [3.05, 3.63) is 42.5 Å². The highest BCUT2D eigenvalue weighted by Crippen LogP contribution is 2.36. The minimum Gasteiger partial charge on any atom is -0.484 e. The van der Waals surface area contributed by atoms with Gasteiger partial charge in [0.2, 0.25) is 0 Å². The first-order valence-corrected chi connectivity index (χ1v) is 6.41. The lowest BCUT2D eigenvalue weighted by Gasteiger charge is -2.15. The Bertz CT molecular complexity index is 673. The molecule has 0 aliphatic rings. The van der Waals surface area contributed by atoms with Crippen molar-refractivity contribution in [1.82, 2.24) is 0 Å². The van der Waals surface area contributed by atoms with Crippen LogP contribution in [0.2, 0.25) is 0 Å². The molecule has 124 valence electrons. The molecule has 0 aliphatic carbocycles. The lowest BCUT2D eigenvalue weighted by Crippen LogP contribution is -2.18. The van der Waals surface area contributed by atoms with Crippen molar-refractivity contribution in [1.29, 1.82) is 0 Å². The van der Waals surface area contributed by atoms with Crippen LogP contribution in [0, 0.1) is 0 Å². The SMILES string of the molecule is Nc1cccc(-c2ccc(OC(F)(F)F)c(OCC(F)F)c2)c1. The topological polar surface area (TPSA) is 44.5 Å². The highest BCUT2D eigenvalue weighted by atomic mass is 19.4. The molecule has 0 atom stereocenters. The van der Waals surface area contributed by atoms with Crippen LogP contribution < -0.4 is 15.2 Å². The Kier molecular flexibility index (Phi) is 4.92. The van der Waals surface area contributed by atoms with Crippen molar-refractivity contribution in [2.75, 3.05) is 12.3 Å². The summed E-state index contributed by atoms with van der Waals surface area (Å²) in [5, 5.41) is 0. The number of halogens is 5. The molecule has 0 unspecified atom stereocenters. The molecule has 0 spiro atoms. The number of alkyl halides is 5. The molecule has 0 saturated carbocycles. The maximum atomic E-state index is 12.4. The van der Waals surface area contributed by atoms with E-state index in [9.17, 15) is 22.0 Å². The van der Waals surface area contributed by atoms with Gasteiger partial charge in [-0.2, -0.15) is 0 Å². The summed E-state index contributed by atoms with van der Waals surface area (Å²) in [6.07, 6.45) is -7.79. The molecule has 0 aromatic heterocycles. The van der Waals surface area contributed by atoms with Gasteiger partial charge in [0.25, 0.3) is 6.43 Å². The monoisotopic (exact) mass is 333 g/mol. The van der Waals surface area contributed by atoms with Crippen molar-refractivity contribution >= 4 is 5.69 Å². The molecule has 3 nitrogen and oxygen atoms in total. The van der Waals surface area contributed by atoms with E-state index in [0.717, 1.165) is 6.07 Å². The van der Waals surface area contributed by atoms with Gasteiger partial charge < -0.3 is 15.2 Å². The van der Waals surface area contributed by atoms with E-state index in [-0.39, 0.29) is 0 Å². The Morgan fingerprint density at radius 1 is 0.957 bits per heavy atom. The molecule has 8 heteroatoms. The molecule has 0 heterocycles. The zero-order valence-corrected chi connectivity index (χ0v) is 11.6. The number of benzene rings is 2. The largest absolute Gasteiger partial charge is 0.573 e. The predicted octanol–water partition coefficient (Wildman–Crippen LogP) is 4.48. The van der Waals surface area contributed by atoms with Gasteiger partial charge in [-0.25, -0.2) is 8.78 Å². The van der Waals surface area contributed by atoms with Crippen LogP contribution in [0.25, 0.3) is 11.1 Å². The second-order valence-corrected chi connectivity index (χ2v) is 4.54. The third kappa shape index (κ3) is 5.01. The van der Waals surface area contributed by atoms with Crippen molar-refractivity contribution < 1.29 is 31.4 Å². The third-order valence-electron chi connectivity index (χ3n) is 2.75. The Morgan fingerprint density at radius 2 is 1.65 bits per heavy atom. The quantitative estimate of drug-likeness (QED) is 0.648. The number of nitrogens with two attached hydrogens (primary N) is 1. The highest BCUT2D eigenvalue weighted by molar-refractivity contribution is 5.70. The fourth-order valence-electron chi connectivity index (χ4n) is 1.88. The van der Waals surface area contributed by atoms with E-state index in [2.05, 4.69) is 4.74 Å². The molecule has 2 aromatic carbocycles. The molecule has 23 heavy (non-hydrogen) atoms. The molecule has 0 radical (unpaired) electrons. The van der Waals surface area contributed by atoms with Gasteiger partial charge in [-0.15, -0.1) is 13.2 Å². The number of rotatable bonds is 5. The molecule has 2 rings (SSSR count). The zero-order chi connectivity index (χ0) is 17.0. The molecule has 0 saturated heterocycles. The highest BCUT2D eigenvalue weighted by Gasteiger charge is 2.32. The van der Waals surface area contributed by atoms with Gasteiger partial charge in [0.1, 0.15) is 6.61 Å². The van der Waals surface area contributed by atoms with Gasteiger partial charge in [-0.1, -0.05) is 18.2 Å². The first kappa shape index (κ1) is 16.9. The van der Waals surface area contributed by atoms with E-state index in [4.69, 9.17) is 10.5 Å². The Labute approximate surface area is 128 Å². The van der Waals surface area contributed by atoms with E-state index >= 15 is 0 Å². The second kappa shape index (κ2) is 6.72. The number of anilines is 1. The Morgan fingerprint density at radius 3 is 2.26 bits per heavy atom. The van der Waals surface area contributed by atoms with E-state index in [1.54, 1.807) is 24.3 Å². The number of hydrogen-bond acceptors (Lipinski definition) is 3. The number of hydrogen-bond donors (Lipinski definition) is 1. The molecule has 2 N–H and O–H groups in total. The normalized spacial score (nSPS) is 11.6. The molecule has 2 aromatic rings. The summed E-state index contributed by atoms with van der Waals surface area (Å²) in [6.45, 7) is -1.05. The van der Waals surface area contributed by atoms with E-state index in [1.165, 1.54) is 12.1 Å². The summed E-state index contributed by atoms with van der Waals surface area (Å²) in [4.78, 5) is 0. The van der Waals surface area contributed by atoms with Crippen LogP contribution in [0.15, 0.2) is 42.5 Å². The van der Waals surface area contributed by atoms with Gasteiger partial charge in [0, 0.05) is 5.69 Å². The summed E-state index contributed by atoms with van der Waals surface area (Å²) in [5.41, 5.74) is 7.15. The molecular formula is C15H12F5NO2. The smallest absolute Gasteiger partial charge is 0.484 e. The average molecular weight is 333 g/mol. The fraction of sp³-hybridized carbons (Fsp3) is 0.200. The van der Waals surface area contributed by atoms with Crippen LogP contribution in [-0.4, -0.2) is 19.4 Å². The van der Waals surface area contributed by atoms with Crippen molar-refractivity contribution in [3.8, 4) is 22.6 Å². The van der Waals surface area contributed by atoms with Crippen molar-refractivity contribution in [2.24, 2.45) is 0 Å². The molecule has 0 amide bonds. The summed E-state index contributed by atoms with van der Waals surface area (Å²) >= 11 is 0. The number of ether oxygens (including phenoxy) is 2. The Balaban J connectivity index is 2.37. The van der Waals surface area contributed by atoms with Gasteiger partial charge in [-0.05, 0) is 35.4 Å². The van der Waals surface area contributed by atoms with Crippen molar-refractivity contribution in [3.63, 3.8) is 0 Å². The van der Waals surface area contributed by atoms with Crippen LogP contribution in [0.3, 0.4) is 0 Å².